The van der Waals surface area contributed by atoms with Crippen molar-refractivity contribution in [3.05, 3.63) is 42.0 Å². The quantitative estimate of drug-likeness (QED) is 0.651. The Kier molecular flexibility index (Phi) is 5.53. The summed E-state index contributed by atoms with van der Waals surface area (Å²) in [5.41, 5.74) is 3.41. The number of aliphatic imine (C=N–C) groups is 1. The van der Waals surface area contributed by atoms with Gasteiger partial charge in [0, 0.05) is 45.6 Å². The molecule has 0 bridgehead atoms. The van der Waals surface area contributed by atoms with Gasteiger partial charge in [0.1, 0.15) is 0 Å². The van der Waals surface area contributed by atoms with E-state index in [-0.39, 0.29) is 0 Å². The molecule has 2 N–H and O–H groups in total. The highest BCUT2D eigenvalue weighted by Crippen LogP contribution is 2.18. The molecule has 1 fully saturated rings. The second kappa shape index (κ2) is 8.00. The lowest BCUT2D eigenvalue weighted by molar-refractivity contribution is 0.468. The molecule has 0 aromatic carbocycles. The summed E-state index contributed by atoms with van der Waals surface area (Å²) in [6.07, 6.45) is 8.12. The molecule has 7 nitrogen and oxygen atoms in total. The van der Waals surface area contributed by atoms with Gasteiger partial charge in [0.15, 0.2) is 5.96 Å². The second-order valence-corrected chi connectivity index (χ2v) is 6.49. The predicted molar refractivity (Wildman–Crippen MR) is 101 cm³/mol. The summed E-state index contributed by atoms with van der Waals surface area (Å²) in [5.74, 6) is 0.822. The van der Waals surface area contributed by atoms with E-state index in [9.17, 15) is 0 Å². The van der Waals surface area contributed by atoms with Crippen LogP contribution in [0, 0.1) is 6.92 Å². The highest BCUT2D eigenvalue weighted by atomic mass is 15.3. The van der Waals surface area contributed by atoms with E-state index in [1.165, 1.54) is 11.3 Å². The Morgan fingerprint density at radius 1 is 1.44 bits per heavy atom. The van der Waals surface area contributed by atoms with E-state index >= 15 is 0 Å². The minimum Gasteiger partial charge on any atom is -0.367 e. The average molecular weight is 341 g/mol. The number of aromatic nitrogens is 3. The molecule has 1 unspecified atom stereocenters. The van der Waals surface area contributed by atoms with E-state index in [0.717, 1.165) is 37.6 Å². The molecule has 1 saturated heterocycles. The summed E-state index contributed by atoms with van der Waals surface area (Å²) in [6, 6.07) is 4.40. The van der Waals surface area contributed by atoms with Gasteiger partial charge < -0.3 is 15.5 Å². The summed E-state index contributed by atoms with van der Waals surface area (Å²) in [7, 11) is 3.76. The monoisotopic (exact) mass is 341 g/mol. The first-order valence-corrected chi connectivity index (χ1v) is 8.77. The lowest BCUT2D eigenvalue weighted by Gasteiger charge is -2.34. The van der Waals surface area contributed by atoms with Crippen molar-refractivity contribution in [1.29, 1.82) is 0 Å². The van der Waals surface area contributed by atoms with Gasteiger partial charge in [-0.25, -0.2) is 0 Å². The average Bonchev–Trinajstić information content (AvgIpc) is 3.06. The minimum absolute atomic E-state index is 0.366. The Hall–Kier alpha value is -2.57. The maximum atomic E-state index is 4.42. The van der Waals surface area contributed by atoms with Crippen LogP contribution in [-0.4, -0.2) is 46.9 Å². The van der Waals surface area contributed by atoms with Crippen molar-refractivity contribution in [2.75, 3.05) is 25.0 Å². The van der Waals surface area contributed by atoms with Crippen LogP contribution in [0.15, 0.2) is 35.7 Å². The predicted octanol–water partition coefficient (Wildman–Crippen LogP) is 1.46. The van der Waals surface area contributed by atoms with Crippen LogP contribution in [0.1, 0.15) is 24.1 Å². The lowest BCUT2D eigenvalue weighted by atomic mass is 10.1. The molecular formula is C18H27N7. The number of rotatable bonds is 4. The van der Waals surface area contributed by atoms with Crippen molar-refractivity contribution >= 4 is 11.6 Å². The number of pyridine rings is 1. The molecule has 2 aromatic rings. The number of hydrogen-bond donors (Lipinski definition) is 2. The van der Waals surface area contributed by atoms with Crippen molar-refractivity contribution in [2.24, 2.45) is 12.0 Å². The summed E-state index contributed by atoms with van der Waals surface area (Å²) < 4.78 is 1.85. The summed E-state index contributed by atoms with van der Waals surface area (Å²) in [4.78, 5) is 11.2. The smallest absolute Gasteiger partial charge is 0.191 e. The van der Waals surface area contributed by atoms with Gasteiger partial charge in [0.2, 0.25) is 0 Å². The molecule has 0 spiro atoms. The molecule has 3 rings (SSSR count). The largest absolute Gasteiger partial charge is 0.367 e. The molecule has 1 aliphatic rings. The van der Waals surface area contributed by atoms with Crippen molar-refractivity contribution in [1.82, 2.24) is 25.4 Å². The number of anilines is 1. The third-order valence-corrected chi connectivity index (χ3v) is 4.58. The second-order valence-electron chi connectivity index (χ2n) is 6.49. The van der Waals surface area contributed by atoms with E-state index in [1.54, 1.807) is 0 Å². The first-order valence-electron chi connectivity index (χ1n) is 8.77. The van der Waals surface area contributed by atoms with Crippen LogP contribution in [0.3, 0.4) is 0 Å². The van der Waals surface area contributed by atoms with Crippen LogP contribution in [0.25, 0.3) is 0 Å². The maximum absolute atomic E-state index is 4.42. The maximum Gasteiger partial charge on any atom is 0.191 e. The molecule has 0 aliphatic carbocycles. The van der Waals surface area contributed by atoms with Gasteiger partial charge in [-0.05, 0) is 31.4 Å². The number of hydrogen-bond acceptors (Lipinski definition) is 4. The third kappa shape index (κ3) is 4.49. The molecule has 25 heavy (non-hydrogen) atoms. The standard InChI is InChI=1S/C18H27N7/c1-14-6-4-8-20-17(14)11-21-18(19-2)23-15-7-5-9-25(12-15)16-10-22-24(3)13-16/h4,6,8,10,13,15H,5,7,9,11-12H2,1-3H3,(H2,19,21,23). The number of aryl methyl sites for hydroxylation is 2. The molecule has 1 aliphatic heterocycles. The topological polar surface area (TPSA) is 70.4 Å². The van der Waals surface area contributed by atoms with Gasteiger partial charge in [-0.2, -0.15) is 5.10 Å². The molecular weight excluding hydrogens is 314 g/mol. The molecule has 0 amide bonds. The third-order valence-electron chi connectivity index (χ3n) is 4.58. The Balaban J connectivity index is 1.55. The van der Waals surface area contributed by atoms with Crippen LogP contribution in [0.2, 0.25) is 0 Å². The Morgan fingerprint density at radius 2 is 2.32 bits per heavy atom. The number of nitrogens with one attached hydrogen (secondary N) is 2. The van der Waals surface area contributed by atoms with Crippen LogP contribution in [-0.2, 0) is 13.6 Å². The normalized spacial score (nSPS) is 18.3. The molecule has 0 saturated carbocycles. The summed E-state index contributed by atoms with van der Waals surface area (Å²) in [5, 5.41) is 11.2. The Morgan fingerprint density at radius 3 is 3.04 bits per heavy atom. The SMILES string of the molecule is CN=C(NCc1ncccc1C)NC1CCCN(c2cnn(C)c2)C1. The van der Waals surface area contributed by atoms with Crippen molar-refractivity contribution in [3.63, 3.8) is 0 Å². The fourth-order valence-corrected chi connectivity index (χ4v) is 3.16. The number of piperidine rings is 1. The first kappa shape index (κ1) is 17.3. The zero-order valence-corrected chi connectivity index (χ0v) is 15.2. The van der Waals surface area contributed by atoms with Gasteiger partial charge in [0.05, 0.1) is 24.1 Å². The van der Waals surface area contributed by atoms with Crippen molar-refractivity contribution < 1.29 is 0 Å². The van der Waals surface area contributed by atoms with Crippen LogP contribution >= 0.6 is 0 Å². The van der Waals surface area contributed by atoms with Crippen molar-refractivity contribution in [3.8, 4) is 0 Å². The van der Waals surface area contributed by atoms with E-state index in [0.29, 0.717) is 12.6 Å². The van der Waals surface area contributed by atoms with Gasteiger partial charge >= 0.3 is 0 Å². The zero-order chi connectivity index (χ0) is 17.6. The van der Waals surface area contributed by atoms with Crippen LogP contribution in [0.5, 0.6) is 0 Å². The lowest BCUT2D eigenvalue weighted by Crippen LogP contribution is -2.51. The van der Waals surface area contributed by atoms with E-state index in [1.807, 2.05) is 37.2 Å². The van der Waals surface area contributed by atoms with Crippen LogP contribution in [0.4, 0.5) is 5.69 Å². The number of nitrogens with zero attached hydrogens (tertiary/aromatic N) is 5. The Labute approximate surface area is 149 Å². The number of guanidine groups is 1. The van der Waals surface area contributed by atoms with Gasteiger partial charge in [-0.1, -0.05) is 6.07 Å². The molecule has 2 aromatic heterocycles. The van der Waals surface area contributed by atoms with E-state index in [2.05, 4.69) is 49.8 Å². The van der Waals surface area contributed by atoms with E-state index in [4.69, 9.17) is 0 Å². The molecule has 7 heteroatoms. The highest BCUT2D eigenvalue weighted by Gasteiger charge is 2.21. The zero-order valence-electron chi connectivity index (χ0n) is 15.2. The molecule has 1 atom stereocenters. The molecule has 0 radical (unpaired) electrons. The first-order chi connectivity index (χ1) is 12.2. The van der Waals surface area contributed by atoms with Gasteiger partial charge in [0.25, 0.3) is 0 Å². The fraction of sp³-hybridized carbons (Fsp3) is 0.500. The fourth-order valence-electron chi connectivity index (χ4n) is 3.16. The van der Waals surface area contributed by atoms with Gasteiger partial charge in [-0.3, -0.25) is 14.7 Å². The minimum atomic E-state index is 0.366. The van der Waals surface area contributed by atoms with Crippen LogP contribution < -0.4 is 15.5 Å². The highest BCUT2D eigenvalue weighted by molar-refractivity contribution is 5.80. The van der Waals surface area contributed by atoms with Crippen molar-refractivity contribution in [2.45, 2.75) is 32.4 Å². The molecule has 3 heterocycles. The van der Waals surface area contributed by atoms with E-state index < -0.39 is 0 Å². The molecule has 134 valence electrons. The summed E-state index contributed by atoms with van der Waals surface area (Å²) in [6.45, 7) is 4.77. The Bertz CT molecular complexity index is 722. The summed E-state index contributed by atoms with van der Waals surface area (Å²) >= 11 is 0. The van der Waals surface area contributed by atoms with Gasteiger partial charge in [-0.15, -0.1) is 0 Å².